The third-order valence-corrected chi connectivity index (χ3v) is 4.85. The van der Waals surface area contributed by atoms with Gasteiger partial charge in [0.25, 0.3) is 0 Å². The minimum atomic E-state index is -0.185. The molecule has 2 unspecified atom stereocenters. The molecule has 1 saturated carbocycles. The molecule has 1 aromatic carbocycles. The number of aryl methyl sites for hydroxylation is 1. The summed E-state index contributed by atoms with van der Waals surface area (Å²) >= 11 is 0. The van der Waals surface area contributed by atoms with Crippen molar-refractivity contribution in [2.45, 2.75) is 53.1 Å². The Hall–Kier alpha value is -1.02. The van der Waals surface area contributed by atoms with E-state index >= 15 is 0 Å². The van der Waals surface area contributed by atoms with Gasteiger partial charge in [0.15, 0.2) is 0 Å². The summed E-state index contributed by atoms with van der Waals surface area (Å²) in [4.78, 5) is 2.41. The zero-order chi connectivity index (χ0) is 14.8. The molecule has 0 saturated heterocycles. The summed E-state index contributed by atoms with van der Waals surface area (Å²) < 4.78 is 0. The van der Waals surface area contributed by atoms with Gasteiger partial charge in [0.2, 0.25) is 0 Å². The molecule has 20 heavy (non-hydrogen) atoms. The van der Waals surface area contributed by atoms with Gasteiger partial charge in [-0.3, -0.25) is 0 Å². The zero-order valence-corrected chi connectivity index (χ0v) is 13.4. The summed E-state index contributed by atoms with van der Waals surface area (Å²) in [5, 5.41) is 10.6. The molecule has 1 aliphatic rings. The number of hydrogen-bond donors (Lipinski definition) is 1. The summed E-state index contributed by atoms with van der Waals surface area (Å²) in [6.45, 7) is 10.7. The van der Waals surface area contributed by atoms with Crippen LogP contribution in [0.5, 0.6) is 0 Å². The van der Waals surface area contributed by atoms with Crippen molar-refractivity contribution in [2.24, 2.45) is 11.3 Å². The van der Waals surface area contributed by atoms with E-state index in [4.69, 9.17) is 0 Å². The van der Waals surface area contributed by atoms with Gasteiger partial charge in [-0.1, -0.05) is 32.4 Å². The average molecular weight is 275 g/mol. The van der Waals surface area contributed by atoms with Crippen molar-refractivity contribution >= 4 is 5.69 Å². The molecule has 1 fully saturated rings. The van der Waals surface area contributed by atoms with Crippen molar-refractivity contribution in [1.29, 1.82) is 0 Å². The van der Waals surface area contributed by atoms with Crippen LogP contribution in [-0.4, -0.2) is 24.3 Å². The molecule has 1 N–H and O–H groups in total. The Morgan fingerprint density at radius 3 is 2.75 bits per heavy atom. The number of nitrogens with zero attached hydrogens (tertiary/aromatic N) is 1. The van der Waals surface area contributed by atoms with E-state index in [1.807, 2.05) is 0 Å². The molecule has 0 amide bonds. The van der Waals surface area contributed by atoms with Crippen molar-refractivity contribution in [1.82, 2.24) is 0 Å². The van der Waals surface area contributed by atoms with Crippen LogP contribution in [0.25, 0.3) is 0 Å². The lowest BCUT2D eigenvalue weighted by Crippen LogP contribution is -2.45. The number of anilines is 1. The van der Waals surface area contributed by atoms with E-state index in [0.29, 0.717) is 5.92 Å². The van der Waals surface area contributed by atoms with E-state index in [1.54, 1.807) is 0 Å². The molecule has 112 valence electrons. The topological polar surface area (TPSA) is 23.5 Å². The van der Waals surface area contributed by atoms with E-state index in [0.717, 1.165) is 25.9 Å². The second-order valence-electron chi connectivity index (χ2n) is 6.96. The lowest BCUT2D eigenvalue weighted by molar-refractivity contribution is -0.0292. The quantitative estimate of drug-likeness (QED) is 0.897. The monoisotopic (exact) mass is 275 g/mol. The highest BCUT2D eigenvalue weighted by molar-refractivity contribution is 5.48. The van der Waals surface area contributed by atoms with Gasteiger partial charge in [-0.15, -0.1) is 0 Å². The third-order valence-electron chi connectivity index (χ3n) is 4.85. The first-order valence-corrected chi connectivity index (χ1v) is 7.93. The lowest BCUT2D eigenvalue weighted by Gasteiger charge is -2.43. The van der Waals surface area contributed by atoms with E-state index in [9.17, 15) is 5.11 Å². The molecule has 1 aliphatic carbocycles. The Morgan fingerprint density at radius 2 is 2.10 bits per heavy atom. The molecule has 0 radical (unpaired) electrons. The average Bonchev–Trinajstić information content (AvgIpc) is 2.40. The molecule has 0 heterocycles. The predicted molar refractivity (Wildman–Crippen MR) is 86.2 cm³/mol. The maximum atomic E-state index is 10.6. The van der Waals surface area contributed by atoms with E-state index in [2.05, 4.69) is 56.9 Å². The Bertz CT molecular complexity index is 441. The predicted octanol–water partition coefficient (Wildman–Crippen LogP) is 4.01. The van der Waals surface area contributed by atoms with Crippen LogP contribution in [0, 0.1) is 18.3 Å². The highest BCUT2D eigenvalue weighted by Gasteiger charge is 2.38. The molecule has 1 aromatic rings. The summed E-state index contributed by atoms with van der Waals surface area (Å²) in [7, 11) is 0. The van der Waals surface area contributed by atoms with Gasteiger partial charge < -0.3 is 10.0 Å². The minimum Gasteiger partial charge on any atom is -0.392 e. The van der Waals surface area contributed by atoms with Crippen LogP contribution in [0.15, 0.2) is 24.3 Å². The summed E-state index contributed by atoms with van der Waals surface area (Å²) in [6.07, 6.45) is 3.34. The number of aliphatic hydroxyl groups excluding tert-OH is 1. The van der Waals surface area contributed by atoms with Crippen molar-refractivity contribution in [2.75, 3.05) is 18.0 Å². The second-order valence-corrected chi connectivity index (χ2v) is 6.96. The molecule has 2 rings (SSSR count). The Morgan fingerprint density at radius 1 is 1.35 bits per heavy atom. The van der Waals surface area contributed by atoms with Gasteiger partial charge >= 0.3 is 0 Å². The van der Waals surface area contributed by atoms with Gasteiger partial charge in [-0.25, -0.2) is 0 Å². The number of benzene rings is 1. The highest BCUT2D eigenvalue weighted by atomic mass is 16.3. The Labute approximate surface area is 123 Å². The Balaban J connectivity index is 2.10. The highest BCUT2D eigenvalue weighted by Crippen LogP contribution is 2.39. The van der Waals surface area contributed by atoms with Gasteiger partial charge in [0.05, 0.1) is 6.10 Å². The van der Waals surface area contributed by atoms with Crippen LogP contribution in [0.4, 0.5) is 5.69 Å². The van der Waals surface area contributed by atoms with Gasteiger partial charge in [-0.05, 0) is 49.8 Å². The van der Waals surface area contributed by atoms with E-state index in [1.165, 1.54) is 17.7 Å². The fraction of sp³-hybridized carbons (Fsp3) is 0.667. The smallest absolute Gasteiger partial charge is 0.0636 e. The number of hydrogen-bond acceptors (Lipinski definition) is 2. The molecular formula is C18H29NO. The maximum Gasteiger partial charge on any atom is 0.0636 e. The minimum absolute atomic E-state index is 0.0644. The van der Waals surface area contributed by atoms with Crippen LogP contribution in [0.2, 0.25) is 0 Å². The van der Waals surface area contributed by atoms with Crippen molar-refractivity contribution in [3.05, 3.63) is 29.8 Å². The van der Waals surface area contributed by atoms with Crippen molar-refractivity contribution in [3.63, 3.8) is 0 Å². The first-order valence-electron chi connectivity index (χ1n) is 7.93. The molecule has 0 aromatic heterocycles. The summed E-state index contributed by atoms with van der Waals surface area (Å²) in [5.41, 5.74) is 2.64. The van der Waals surface area contributed by atoms with E-state index < -0.39 is 0 Å². The van der Waals surface area contributed by atoms with Crippen LogP contribution in [-0.2, 0) is 0 Å². The zero-order valence-electron chi connectivity index (χ0n) is 13.4. The Kier molecular flexibility index (Phi) is 4.74. The summed E-state index contributed by atoms with van der Waals surface area (Å²) in [6, 6.07) is 8.67. The molecule has 2 atom stereocenters. The van der Waals surface area contributed by atoms with Crippen LogP contribution in [0.3, 0.4) is 0 Å². The lowest BCUT2D eigenvalue weighted by atomic mass is 9.69. The number of rotatable bonds is 4. The normalized spacial score (nSPS) is 25.4. The maximum absolute atomic E-state index is 10.6. The fourth-order valence-corrected chi connectivity index (χ4v) is 3.48. The van der Waals surface area contributed by atoms with Crippen molar-refractivity contribution < 1.29 is 5.11 Å². The first kappa shape index (κ1) is 15.4. The number of aliphatic hydroxyl groups is 1. The molecule has 2 nitrogen and oxygen atoms in total. The second kappa shape index (κ2) is 6.17. The van der Waals surface area contributed by atoms with E-state index in [-0.39, 0.29) is 11.5 Å². The molecule has 0 spiro atoms. The molecule has 0 aliphatic heterocycles. The SMILES string of the molecule is CCN(CC1CCCC(C)(C)C1O)c1cccc(C)c1. The first-order chi connectivity index (χ1) is 9.44. The van der Waals surface area contributed by atoms with Crippen LogP contribution >= 0.6 is 0 Å². The molecule has 0 bridgehead atoms. The van der Waals surface area contributed by atoms with Gasteiger partial charge in [-0.2, -0.15) is 0 Å². The fourth-order valence-electron chi connectivity index (χ4n) is 3.48. The third kappa shape index (κ3) is 3.35. The molecule has 2 heteroatoms. The largest absolute Gasteiger partial charge is 0.392 e. The van der Waals surface area contributed by atoms with Gasteiger partial charge in [0, 0.05) is 24.7 Å². The molecular weight excluding hydrogens is 246 g/mol. The summed E-state index contributed by atoms with van der Waals surface area (Å²) in [5.74, 6) is 0.388. The van der Waals surface area contributed by atoms with Crippen LogP contribution < -0.4 is 4.90 Å². The van der Waals surface area contributed by atoms with Crippen molar-refractivity contribution in [3.8, 4) is 0 Å². The standard InChI is InChI=1S/C18H29NO/c1-5-19(16-10-6-8-14(2)12-16)13-15-9-7-11-18(3,4)17(15)20/h6,8,10,12,15,17,20H,5,7,9,11,13H2,1-4H3. The van der Waals surface area contributed by atoms with Crippen LogP contribution in [0.1, 0.15) is 45.6 Å². The van der Waals surface area contributed by atoms with Gasteiger partial charge in [0.1, 0.15) is 0 Å².